The summed E-state index contributed by atoms with van der Waals surface area (Å²) in [7, 11) is 3.15. The first-order valence-electron chi connectivity index (χ1n) is 7.06. The van der Waals surface area contributed by atoms with Crippen LogP contribution in [0.1, 0.15) is 35.2 Å². The van der Waals surface area contributed by atoms with Crippen LogP contribution in [0.25, 0.3) is 0 Å². The third kappa shape index (κ3) is 4.05. The Morgan fingerprint density at radius 1 is 1.25 bits per heavy atom. The number of carbonyl (C=O) groups excluding carboxylic acids is 1. The number of methoxy groups -OCH3 is 2. The summed E-state index contributed by atoms with van der Waals surface area (Å²) in [6.45, 7) is 2.71. The van der Waals surface area contributed by atoms with Crippen LogP contribution in [-0.2, 0) is 16.0 Å². The normalized spacial score (nSPS) is 15.9. The number of hydrogen-bond acceptors (Lipinski definition) is 4. The Hall–Kier alpha value is -1.39. The van der Waals surface area contributed by atoms with Crippen LogP contribution < -0.4 is 5.32 Å². The van der Waals surface area contributed by atoms with Crippen molar-refractivity contribution in [2.24, 2.45) is 5.41 Å². The molecular formula is C16H23NO3. The molecule has 0 saturated heterocycles. The summed E-state index contributed by atoms with van der Waals surface area (Å²) < 4.78 is 9.84. The average molecular weight is 277 g/mol. The highest BCUT2D eigenvalue weighted by Crippen LogP contribution is 2.48. The fourth-order valence-electron chi connectivity index (χ4n) is 2.36. The maximum Gasteiger partial charge on any atom is 0.337 e. The van der Waals surface area contributed by atoms with Crippen molar-refractivity contribution in [3.05, 3.63) is 35.4 Å². The number of nitrogens with one attached hydrogen (secondary N) is 1. The van der Waals surface area contributed by atoms with E-state index in [0.29, 0.717) is 11.0 Å². The molecule has 1 aliphatic rings. The minimum atomic E-state index is -0.291. The van der Waals surface area contributed by atoms with Crippen molar-refractivity contribution in [1.29, 1.82) is 0 Å². The van der Waals surface area contributed by atoms with E-state index in [9.17, 15) is 4.79 Å². The molecule has 0 bridgehead atoms. The Balaban J connectivity index is 1.76. The lowest BCUT2D eigenvalue weighted by molar-refractivity contribution is 0.0600. The molecule has 1 aromatic rings. The van der Waals surface area contributed by atoms with Crippen molar-refractivity contribution < 1.29 is 14.3 Å². The number of carbonyl (C=O) groups is 1. The second kappa shape index (κ2) is 6.86. The zero-order valence-electron chi connectivity index (χ0n) is 12.3. The molecule has 1 aliphatic carbocycles. The molecule has 1 N–H and O–H groups in total. The first-order chi connectivity index (χ1) is 9.69. The molecule has 0 amide bonds. The van der Waals surface area contributed by atoms with E-state index < -0.39 is 0 Å². The molecule has 0 unspecified atom stereocenters. The molecule has 1 saturated carbocycles. The number of ether oxygens (including phenoxy) is 2. The van der Waals surface area contributed by atoms with Crippen LogP contribution in [0.4, 0.5) is 0 Å². The summed E-state index contributed by atoms with van der Waals surface area (Å²) in [6.07, 6.45) is 3.73. The van der Waals surface area contributed by atoms with Crippen molar-refractivity contribution >= 4 is 5.97 Å². The number of rotatable bonds is 8. The molecule has 0 radical (unpaired) electrons. The van der Waals surface area contributed by atoms with Gasteiger partial charge in [-0.05, 0) is 42.4 Å². The smallest absolute Gasteiger partial charge is 0.337 e. The predicted octanol–water partition coefficient (Wildman–Crippen LogP) is 2.38. The monoisotopic (exact) mass is 277 g/mol. The summed E-state index contributed by atoms with van der Waals surface area (Å²) in [4.78, 5) is 11.3. The van der Waals surface area contributed by atoms with Gasteiger partial charge in [-0.2, -0.15) is 0 Å². The fraction of sp³-hybridized carbons (Fsp3) is 0.562. The van der Waals surface area contributed by atoms with Crippen molar-refractivity contribution in [3.63, 3.8) is 0 Å². The van der Waals surface area contributed by atoms with Gasteiger partial charge in [0.2, 0.25) is 0 Å². The van der Waals surface area contributed by atoms with E-state index in [1.165, 1.54) is 25.5 Å². The van der Waals surface area contributed by atoms with Crippen LogP contribution in [0.15, 0.2) is 24.3 Å². The lowest BCUT2D eigenvalue weighted by Crippen LogP contribution is -2.24. The molecule has 4 heteroatoms. The van der Waals surface area contributed by atoms with Crippen LogP contribution in [0, 0.1) is 5.41 Å². The summed E-state index contributed by atoms with van der Waals surface area (Å²) in [5, 5.41) is 3.50. The topological polar surface area (TPSA) is 47.6 Å². The van der Waals surface area contributed by atoms with Gasteiger partial charge in [0, 0.05) is 26.8 Å². The van der Waals surface area contributed by atoms with Gasteiger partial charge in [0.15, 0.2) is 0 Å². The quantitative estimate of drug-likeness (QED) is 0.741. The van der Waals surface area contributed by atoms with Crippen molar-refractivity contribution in [2.75, 3.05) is 27.4 Å². The van der Waals surface area contributed by atoms with Gasteiger partial charge < -0.3 is 14.8 Å². The summed E-state index contributed by atoms with van der Waals surface area (Å²) in [5.41, 5.74) is 2.23. The van der Waals surface area contributed by atoms with E-state index >= 15 is 0 Å². The first-order valence-corrected chi connectivity index (χ1v) is 7.06. The van der Waals surface area contributed by atoms with Crippen LogP contribution in [-0.4, -0.2) is 33.3 Å². The lowest BCUT2D eigenvalue weighted by Gasteiger charge is -2.15. The van der Waals surface area contributed by atoms with E-state index in [-0.39, 0.29) is 5.97 Å². The molecule has 0 aromatic heterocycles. The van der Waals surface area contributed by atoms with Gasteiger partial charge in [0.05, 0.1) is 12.7 Å². The fourth-order valence-corrected chi connectivity index (χ4v) is 2.36. The molecule has 0 heterocycles. The first kappa shape index (κ1) is 15.0. The summed E-state index contributed by atoms with van der Waals surface area (Å²) >= 11 is 0. The van der Waals surface area contributed by atoms with Gasteiger partial charge in [-0.1, -0.05) is 12.1 Å². The Labute approximate surface area is 120 Å². The molecule has 2 rings (SSSR count). The number of hydrogen-bond donors (Lipinski definition) is 1. The second-order valence-electron chi connectivity index (χ2n) is 5.53. The SMILES string of the molecule is COCCC1(CNCc2ccc(C(=O)OC)cc2)CC1. The number of benzene rings is 1. The Kier molecular flexibility index (Phi) is 5.15. The molecule has 0 atom stereocenters. The molecule has 0 spiro atoms. The Bertz CT molecular complexity index is 438. The third-order valence-electron chi connectivity index (χ3n) is 4.00. The van der Waals surface area contributed by atoms with Crippen LogP contribution >= 0.6 is 0 Å². The number of esters is 1. The van der Waals surface area contributed by atoms with Crippen molar-refractivity contribution in [1.82, 2.24) is 5.32 Å². The van der Waals surface area contributed by atoms with E-state index in [4.69, 9.17) is 4.74 Å². The Morgan fingerprint density at radius 2 is 1.95 bits per heavy atom. The highest BCUT2D eigenvalue weighted by Gasteiger charge is 2.41. The van der Waals surface area contributed by atoms with Crippen molar-refractivity contribution in [2.45, 2.75) is 25.8 Å². The maximum atomic E-state index is 11.3. The van der Waals surface area contributed by atoms with Crippen LogP contribution in [0.2, 0.25) is 0 Å². The maximum absolute atomic E-state index is 11.3. The Morgan fingerprint density at radius 3 is 2.50 bits per heavy atom. The van der Waals surface area contributed by atoms with Gasteiger partial charge in [-0.3, -0.25) is 0 Å². The zero-order chi connectivity index (χ0) is 14.4. The van der Waals surface area contributed by atoms with E-state index in [1.807, 2.05) is 12.1 Å². The average Bonchev–Trinajstić information content (AvgIpc) is 3.25. The molecule has 0 aliphatic heterocycles. The molecule has 1 aromatic carbocycles. The summed E-state index contributed by atoms with van der Waals surface area (Å²) in [6, 6.07) is 7.54. The van der Waals surface area contributed by atoms with E-state index in [0.717, 1.165) is 26.1 Å². The molecule has 110 valence electrons. The summed E-state index contributed by atoms with van der Waals surface area (Å²) in [5.74, 6) is -0.291. The molecule has 4 nitrogen and oxygen atoms in total. The minimum Gasteiger partial charge on any atom is -0.465 e. The van der Waals surface area contributed by atoms with Gasteiger partial charge in [0.25, 0.3) is 0 Å². The van der Waals surface area contributed by atoms with Gasteiger partial charge in [-0.25, -0.2) is 4.79 Å². The van der Waals surface area contributed by atoms with E-state index in [1.54, 1.807) is 19.2 Å². The van der Waals surface area contributed by atoms with Crippen LogP contribution in [0.3, 0.4) is 0 Å². The van der Waals surface area contributed by atoms with E-state index in [2.05, 4.69) is 10.1 Å². The lowest BCUT2D eigenvalue weighted by atomic mass is 10.0. The molecule has 20 heavy (non-hydrogen) atoms. The second-order valence-corrected chi connectivity index (χ2v) is 5.53. The van der Waals surface area contributed by atoms with Gasteiger partial charge in [0.1, 0.15) is 0 Å². The van der Waals surface area contributed by atoms with Crippen molar-refractivity contribution in [3.8, 4) is 0 Å². The molecule has 1 fully saturated rings. The zero-order valence-corrected chi connectivity index (χ0v) is 12.3. The minimum absolute atomic E-state index is 0.291. The standard InChI is InChI=1S/C16H23NO3/c1-19-10-9-16(7-8-16)12-17-11-13-3-5-14(6-4-13)15(18)20-2/h3-6,17H,7-12H2,1-2H3. The largest absolute Gasteiger partial charge is 0.465 e. The third-order valence-corrected chi connectivity index (χ3v) is 4.00. The van der Waals surface area contributed by atoms with Gasteiger partial charge in [-0.15, -0.1) is 0 Å². The highest BCUT2D eigenvalue weighted by molar-refractivity contribution is 5.89. The van der Waals surface area contributed by atoms with Crippen LogP contribution in [0.5, 0.6) is 0 Å². The predicted molar refractivity (Wildman–Crippen MR) is 77.6 cm³/mol. The molecular weight excluding hydrogens is 254 g/mol. The highest BCUT2D eigenvalue weighted by atomic mass is 16.5. The van der Waals surface area contributed by atoms with Gasteiger partial charge >= 0.3 is 5.97 Å².